The van der Waals surface area contributed by atoms with Crippen molar-refractivity contribution >= 4 is 28.5 Å². The van der Waals surface area contributed by atoms with Crippen LogP contribution in [0.2, 0.25) is 5.02 Å². The SMILES string of the molecule is Cc1cc(C)nc(N2CCc3c([nH]c4ccc(Cl)cc34)C2CC2CC2)n1. The summed E-state index contributed by atoms with van der Waals surface area (Å²) < 4.78 is 0. The van der Waals surface area contributed by atoms with Gasteiger partial charge in [0, 0.05) is 39.6 Å². The number of halogens is 1. The maximum absolute atomic E-state index is 6.26. The number of H-pyrrole nitrogens is 1. The van der Waals surface area contributed by atoms with Gasteiger partial charge in [-0.2, -0.15) is 0 Å². The van der Waals surface area contributed by atoms with E-state index < -0.39 is 0 Å². The third-order valence-corrected chi connectivity index (χ3v) is 5.93. The lowest BCUT2D eigenvalue weighted by Gasteiger charge is -2.36. The number of fused-ring (bicyclic) bond motifs is 3. The van der Waals surface area contributed by atoms with E-state index in [0.29, 0.717) is 6.04 Å². The third-order valence-electron chi connectivity index (χ3n) is 5.69. The van der Waals surface area contributed by atoms with Crippen molar-refractivity contribution in [3.05, 3.63) is 51.9 Å². The highest BCUT2D eigenvalue weighted by molar-refractivity contribution is 6.31. The van der Waals surface area contributed by atoms with Crippen LogP contribution in [0.4, 0.5) is 5.95 Å². The number of aromatic amines is 1. The van der Waals surface area contributed by atoms with Gasteiger partial charge >= 0.3 is 0 Å². The highest BCUT2D eigenvalue weighted by atomic mass is 35.5. The first-order valence-electron chi connectivity index (χ1n) is 9.47. The van der Waals surface area contributed by atoms with Crippen LogP contribution >= 0.6 is 11.6 Å². The van der Waals surface area contributed by atoms with E-state index >= 15 is 0 Å². The van der Waals surface area contributed by atoms with Crippen molar-refractivity contribution in [1.29, 1.82) is 0 Å². The van der Waals surface area contributed by atoms with Crippen LogP contribution in [-0.2, 0) is 6.42 Å². The minimum Gasteiger partial charge on any atom is -0.356 e. The molecule has 3 aromatic rings. The summed E-state index contributed by atoms with van der Waals surface area (Å²) in [4.78, 5) is 15.6. The summed E-state index contributed by atoms with van der Waals surface area (Å²) in [5.41, 5.74) is 6.01. The Kier molecular flexibility index (Phi) is 3.71. The zero-order chi connectivity index (χ0) is 17.8. The highest BCUT2D eigenvalue weighted by Crippen LogP contribution is 2.45. The van der Waals surface area contributed by atoms with Crippen molar-refractivity contribution in [2.75, 3.05) is 11.4 Å². The normalized spacial score (nSPS) is 19.8. The van der Waals surface area contributed by atoms with Crippen molar-refractivity contribution in [2.45, 2.75) is 45.6 Å². The summed E-state index contributed by atoms with van der Waals surface area (Å²) in [6.07, 6.45) is 4.86. The molecule has 5 heteroatoms. The van der Waals surface area contributed by atoms with Gasteiger partial charge in [-0.1, -0.05) is 24.4 Å². The molecule has 0 amide bonds. The fraction of sp³-hybridized carbons (Fsp3) is 0.429. The molecule has 134 valence electrons. The topological polar surface area (TPSA) is 44.8 Å². The smallest absolute Gasteiger partial charge is 0.226 e. The molecule has 0 bridgehead atoms. The van der Waals surface area contributed by atoms with Crippen molar-refractivity contribution in [3.63, 3.8) is 0 Å². The Balaban J connectivity index is 1.62. The van der Waals surface area contributed by atoms with Gasteiger partial charge in [0.25, 0.3) is 0 Å². The van der Waals surface area contributed by atoms with Crippen LogP contribution in [0.15, 0.2) is 24.3 Å². The number of hydrogen-bond acceptors (Lipinski definition) is 3. The summed E-state index contributed by atoms with van der Waals surface area (Å²) >= 11 is 6.26. The number of benzene rings is 1. The molecule has 1 aromatic carbocycles. The second-order valence-corrected chi connectivity index (χ2v) is 8.23. The Morgan fingerprint density at radius 2 is 1.92 bits per heavy atom. The standard InChI is InChI=1S/C21H23ClN4/c1-12-9-13(2)24-21(23-12)26-8-7-16-17-11-15(22)5-6-18(17)25-20(16)19(26)10-14-3-4-14/h5-6,9,11,14,19,25H,3-4,7-8,10H2,1-2H3. The van der Waals surface area contributed by atoms with Crippen molar-refractivity contribution < 1.29 is 0 Å². The second kappa shape index (κ2) is 5.98. The minimum absolute atomic E-state index is 0.318. The van der Waals surface area contributed by atoms with E-state index in [-0.39, 0.29) is 0 Å². The Bertz CT molecular complexity index is 969. The van der Waals surface area contributed by atoms with E-state index in [1.165, 1.54) is 41.4 Å². The highest BCUT2D eigenvalue weighted by Gasteiger charge is 2.36. The summed E-state index contributed by atoms with van der Waals surface area (Å²) in [5, 5.41) is 2.08. The monoisotopic (exact) mass is 366 g/mol. The van der Waals surface area contributed by atoms with Gasteiger partial charge in [-0.25, -0.2) is 9.97 Å². The molecule has 0 spiro atoms. The molecular formula is C21H23ClN4. The molecule has 1 unspecified atom stereocenters. The number of nitrogens with one attached hydrogen (secondary N) is 1. The van der Waals surface area contributed by atoms with Crippen LogP contribution in [0.1, 0.15) is 47.9 Å². The third kappa shape index (κ3) is 2.77. The molecule has 5 rings (SSSR count). The molecular weight excluding hydrogens is 344 g/mol. The van der Waals surface area contributed by atoms with Gasteiger partial charge in [-0.3, -0.25) is 0 Å². The lowest BCUT2D eigenvalue weighted by Crippen LogP contribution is -2.37. The van der Waals surface area contributed by atoms with Crippen molar-refractivity contribution in [1.82, 2.24) is 15.0 Å². The number of rotatable bonds is 3. The van der Waals surface area contributed by atoms with Crippen molar-refractivity contribution in [3.8, 4) is 0 Å². The zero-order valence-corrected chi connectivity index (χ0v) is 16.0. The van der Waals surface area contributed by atoms with Gasteiger partial charge in [0.05, 0.1) is 6.04 Å². The van der Waals surface area contributed by atoms with Crippen LogP contribution in [0.25, 0.3) is 10.9 Å². The fourth-order valence-electron chi connectivity index (χ4n) is 4.33. The van der Waals surface area contributed by atoms with E-state index in [4.69, 9.17) is 21.6 Å². The van der Waals surface area contributed by atoms with Crippen molar-refractivity contribution in [2.24, 2.45) is 5.92 Å². The molecule has 1 atom stereocenters. The predicted octanol–water partition coefficient (Wildman–Crippen LogP) is 5.13. The summed E-state index contributed by atoms with van der Waals surface area (Å²) in [6.45, 7) is 5.05. The van der Waals surface area contributed by atoms with Crippen LogP contribution in [0, 0.1) is 19.8 Å². The Morgan fingerprint density at radius 3 is 2.65 bits per heavy atom. The van der Waals surface area contributed by atoms with Gasteiger partial charge < -0.3 is 9.88 Å². The summed E-state index contributed by atoms with van der Waals surface area (Å²) in [5.74, 6) is 1.70. The molecule has 4 nitrogen and oxygen atoms in total. The van der Waals surface area contributed by atoms with Gasteiger partial charge in [0.2, 0.25) is 5.95 Å². The largest absolute Gasteiger partial charge is 0.356 e. The lowest BCUT2D eigenvalue weighted by molar-refractivity contribution is 0.498. The molecule has 1 aliphatic carbocycles. The molecule has 0 radical (unpaired) electrons. The van der Waals surface area contributed by atoms with Gasteiger partial charge in [0.1, 0.15) is 0 Å². The maximum Gasteiger partial charge on any atom is 0.226 e. The van der Waals surface area contributed by atoms with Crippen LogP contribution < -0.4 is 4.90 Å². The zero-order valence-electron chi connectivity index (χ0n) is 15.2. The van der Waals surface area contributed by atoms with Crippen LogP contribution in [0.5, 0.6) is 0 Å². The number of hydrogen-bond donors (Lipinski definition) is 1. The lowest BCUT2D eigenvalue weighted by atomic mass is 9.94. The Labute approximate surface area is 158 Å². The van der Waals surface area contributed by atoms with Gasteiger partial charge in [-0.15, -0.1) is 0 Å². The first-order chi connectivity index (χ1) is 12.6. The van der Waals surface area contributed by atoms with Crippen LogP contribution in [0.3, 0.4) is 0 Å². The molecule has 1 N–H and O–H groups in total. The average Bonchev–Trinajstić information content (AvgIpc) is 3.33. The molecule has 1 fully saturated rings. The molecule has 26 heavy (non-hydrogen) atoms. The van der Waals surface area contributed by atoms with E-state index in [9.17, 15) is 0 Å². The molecule has 1 aliphatic heterocycles. The minimum atomic E-state index is 0.318. The molecule has 1 saturated carbocycles. The predicted molar refractivity (Wildman–Crippen MR) is 106 cm³/mol. The first-order valence-corrected chi connectivity index (χ1v) is 9.85. The number of anilines is 1. The summed E-state index contributed by atoms with van der Waals surface area (Å²) in [6, 6.07) is 8.52. The average molecular weight is 367 g/mol. The van der Waals surface area contributed by atoms with E-state index in [2.05, 4.69) is 22.0 Å². The first kappa shape index (κ1) is 16.1. The molecule has 3 heterocycles. The number of aryl methyl sites for hydroxylation is 2. The number of nitrogens with zero attached hydrogens (tertiary/aromatic N) is 3. The molecule has 2 aromatic heterocycles. The van der Waals surface area contributed by atoms with Crippen LogP contribution in [-0.4, -0.2) is 21.5 Å². The second-order valence-electron chi connectivity index (χ2n) is 7.80. The Morgan fingerprint density at radius 1 is 1.15 bits per heavy atom. The van der Waals surface area contributed by atoms with E-state index in [0.717, 1.165) is 41.2 Å². The molecule has 2 aliphatic rings. The van der Waals surface area contributed by atoms with E-state index in [1.807, 2.05) is 26.0 Å². The quantitative estimate of drug-likeness (QED) is 0.698. The number of aromatic nitrogens is 3. The van der Waals surface area contributed by atoms with Gasteiger partial charge in [0.15, 0.2) is 0 Å². The van der Waals surface area contributed by atoms with Gasteiger partial charge in [-0.05, 0) is 62.4 Å². The van der Waals surface area contributed by atoms with E-state index in [1.54, 1.807) is 0 Å². The Hall–Kier alpha value is -2.07. The summed E-state index contributed by atoms with van der Waals surface area (Å²) in [7, 11) is 0. The maximum atomic E-state index is 6.26. The molecule has 0 saturated heterocycles. The fourth-order valence-corrected chi connectivity index (χ4v) is 4.50.